The maximum absolute atomic E-state index is 13.2. The molecule has 168 valence electrons. The van der Waals surface area contributed by atoms with Crippen LogP contribution in [0.4, 0.5) is 5.69 Å². The number of hydrogen-bond acceptors (Lipinski definition) is 4. The molecular formula is C24H20ClN3O3S2. The van der Waals surface area contributed by atoms with Gasteiger partial charge in [0.2, 0.25) is 0 Å². The Morgan fingerprint density at radius 2 is 1.85 bits per heavy atom. The summed E-state index contributed by atoms with van der Waals surface area (Å²) >= 11 is 7.70. The first-order chi connectivity index (χ1) is 15.8. The number of aryl methyl sites for hydroxylation is 1. The lowest BCUT2D eigenvalue weighted by atomic mass is 10.2. The number of amides is 1. The number of thiazole rings is 1. The number of hydrogen-bond donors (Lipinski definition) is 1. The van der Waals surface area contributed by atoms with Gasteiger partial charge in [-0.1, -0.05) is 64.9 Å². The number of rotatable bonds is 6. The van der Waals surface area contributed by atoms with Crippen LogP contribution >= 0.6 is 22.9 Å². The summed E-state index contributed by atoms with van der Waals surface area (Å²) in [5.74, 6) is -0.572. The van der Waals surface area contributed by atoms with Crippen LogP contribution in [0.1, 0.15) is 15.9 Å². The summed E-state index contributed by atoms with van der Waals surface area (Å²) in [6.45, 7) is 6.06. The van der Waals surface area contributed by atoms with Crippen LogP contribution in [0.25, 0.3) is 10.2 Å². The van der Waals surface area contributed by atoms with Gasteiger partial charge in [0, 0.05) is 6.54 Å². The fourth-order valence-corrected chi connectivity index (χ4v) is 5.77. The summed E-state index contributed by atoms with van der Waals surface area (Å²) in [5, 5.41) is 0.547. The van der Waals surface area contributed by atoms with Gasteiger partial charge >= 0.3 is 0 Å². The number of benzene rings is 3. The van der Waals surface area contributed by atoms with E-state index in [2.05, 4.69) is 16.3 Å². The van der Waals surface area contributed by atoms with Gasteiger partial charge in [0.05, 0.1) is 31.4 Å². The highest BCUT2D eigenvalue weighted by Crippen LogP contribution is 2.26. The number of anilines is 1. The number of carbonyl (C=O) groups is 1. The SMILES string of the molecule is C=CCn1c(=NC(=O)c2ccccc2NS(=O)(=O)c2ccc(C)cc2)sc2cccc(Cl)c21. The Bertz CT molecular complexity index is 1540. The van der Waals surface area contributed by atoms with Crippen molar-refractivity contribution < 1.29 is 13.2 Å². The topological polar surface area (TPSA) is 80.5 Å². The van der Waals surface area contributed by atoms with Gasteiger partial charge in [-0.15, -0.1) is 6.58 Å². The molecule has 9 heteroatoms. The highest BCUT2D eigenvalue weighted by Gasteiger charge is 2.19. The Balaban J connectivity index is 1.76. The minimum atomic E-state index is -3.88. The van der Waals surface area contributed by atoms with E-state index in [0.29, 0.717) is 16.4 Å². The molecule has 0 aliphatic carbocycles. The number of fused-ring (bicyclic) bond motifs is 1. The van der Waals surface area contributed by atoms with Gasteiger partial charge in [-0.2, -0.15) is 4.99 Å². The van der Waals surface area contributed by atoms with Crippen molar-refractivity contribution in [3.8, 4) is 0 Å². The van der Waals surface area contributed by atoms with Gasteiger partial charge in [0.15, 0.2) is 4.80 Å². The fourth-order valence-electron chi connectivity index (χ4n) is 3.30. The largest absolute Gasteiger partial charge is 0.311 e. The Morgan fingerprint density at radius 1 is 1.12 bits per heavy atom. The zero-order valence-electron chi connectivity index (χ0n) is 17.7. The second-order valence-corrected chi connectivity index (χ2v) is 10.4. The predicted octanol–water partition coefficient (Wildman–Crippen LogP) is 5.39. The van der Waals surface area contributed by atoms with E-state index in [1.165, 1.54) is 35.6 Å². The van der Waals surface area contributed by atoms with Gasteiger partial charge in [-0.25, -0.2) is 8.42 Å². The smallest absolute Gasteiger partial charge is 0.281 e. The summed E-state index contributed by atoms with van der Waals surface area (Å²) in [7, 11) is -3.88. The van der Waals surface area contributed by atoms with E-state index in [0.717, 1.165) is 15.8 Å². The second-order valence-electron chi connectivity index (χ2n) is 7.25. The van der Waals surface area contributed by atoms with E-state index in [1.54, 1.807) is 36.4 Å². The lowest BCUT2D eigenvalue weighted by Gasteiger charge is -2.11. The van der Waals surface area contributed by atoms with E-state index in [9.17, 15) is 13.2 Å². The van der Waals surface area contributed by atoms with Crippen LogP contribution < -0.4 is 9.52 Å². The first-order valence-electron chi connectivity index (χ1n) is 9.96. The zero-order chi connectivity index (χ0) is 23.6. The molecule has 0 atom stereocenters. The lowest BCUT2D eigenvalue weighted by Crippen LogP contribution is -2.18. The van der Waals surface area contributed by atoms with E-state index in [4.69, 9.17) is 11.6 Å². The fraction of sp³-hybridized carbons (Fsp3) is 0.0833. The molecule has 0 saturated heterocycles. The van der Waals surface area contributed by atoms with Crippen LogP contribution in [-0.2, 0) is 16.6 Å². The molecule has 0 aliphatic rings. The Labute approximate surface area is 200 Å². The summed E-state index contributed by atoms with van der Waals surface area (Å²) in [4.78, 5) is 18.0. The maximum Gasteiger partial charge on any atom is 0.281 e. The zero-order valence-corrected chi connectivity index (χ0v) is 20.0. The van der Waals surface area contributed by atoms with Crippen LogP contribution in [-0.4, -0.2) is 18.9 Å². The van der Waals surface area contributed by atoms with E-state index >= 15 is 0 Å². The first kappa shape index (κ1) is 23.0. The molecule has 4 rings (SSSR count). The summed E-state index contributed by atoms with van der Waals surface area (Å²) in [6, 6.07) is 18.4. The number of nitrogens with zero attached hydrogens (tertiary/aromatic N) is 2. The standard InChI is InChI=1S/C24H20ClN3O3S2/c1-3-15-28-22-19(25)8-6-10-21(22)32-24(28)26-23(29)18-7-4-5-9-20(18)27-33(30,31)17-13-11-16(2)12-14-17/h3-14,27H,1,15H2,2H3. The molecule has 3 aromatic carbocycles. The number of sulfonamides is 1. The lowest BCUT2D eigenvalue weighted by molar-refractivity contribution is 0.0998. The van der Waals surface area contributed by atoms with Crippen LogP contribution in [0.15, 0.2) is 89.3 Å². The number of carbonyl (C=O) groups excluding carboxylic acids is 1. The van der Waals surface area contributed by atoms with E-state index < -0.39 is 15.9 Å². The third-order valence-corrected chi connectivity index (χ3v) is 7.62. The highest BCUT2D eigenvalue weighted by molar-refractivity contribution is 7.92. The van der Waals surface area contributed by atoms with Crippen molar-refractivity contribution in [2.24, 2.45) is 4.99 Å². The second kappa shape index (κ2) is 9.35. The molecule has 0 radical (unpaired) electrons. The predicted molar refractivity (Wildman–Crippen MR) is 133 cm³/mol. The number of aromatic nitrogens is 1. The molecule has 4 aromatic rings. The Kier molecular flexibility index (Phi) is 6.51. The van der Waals surface area contributed by atoms with Crippen molar-refractivity contribution in [2.75, 3.05) is 4.72 Å². The van der Waals surface area contributed by atoms with Crippen LogP contribution in [0.5, 0.6) is 0 Å². The van der Waals surface area contributed by atoms with Crippen LogP contribution in [0, 0.1) is 6.92 Å². The molecule has 6 nitrogen and oxygen atoms in total. The van der Waals surface area contributed by atoms with Crippen LogP contribution in [0.2, 0.25) is 5.02 Å². The molecule has 1 heterocycles. The van der Waals surface area contributed by atoms with Crippen molar-refractivity contribution in [2.45, 2.75) is 18.4 Å². The monoisotopic (exact) mass is 497 g/mol. The molecule has 0 saturated carbocycles. The summed E-state index contributed by atoms with van der Waals surface area (Å²) in [5.41, 5.74) is 2.01. The molecule has 0 fully saturated rings. The highest BCUT2D eigenvalue weighted by atomic mass is 35.5. The number of para-hydroxylation sites is 2. The van der Waals surface area contributed by atoms with Gasteiger partial charge in [0.25, 0.3) is 15.9 Å². The van der Waals surface area contributed by atoms with Crippen molar-refractivity contribution in [1.82, 2.24) is 4.57 Å². The minimum absolute atomic E-state index is 0.107. The summed E-state index contributed by atoms with van der Waals surface area (Å²) in [6.07, 6.45) is 1.70. The Morgan fingerprint density at radius 3 is 2.58 bits per heavy atom. The molecule has 0 aliphatic heterocycles. The molecular weight excluding hydrogens is 478 g/mol. The Hall–Kier alpha value is -3.20. The normalized spacial score (nSPS) is 12.1. The third-order valence-electron chi connectivity index (χ3n) is 4.89. The van der Waals surface area contributed by atoms with Gasteiger partial charge in [0.1, 0.15) is 0 Å². The molecule has 0 spiro atoms. The van der Waals surface area contributed by atoms with E-state index in [-0.39, 0.29) is 16.1 Å². The molecule has 1 amide bonds. The van der Waals surface area contributed by atoms with Crippen molar-refractivity contribution in [3.63, 3.8) is 0 Å². The first-order valence-corrected chi connectivity index (χ1v) is 12.6. The molecule has 33 heavy (non-hydrogen) atoms. The minimum Gasteiger partial charge on any atom is -0.311 e. The van der Waals surface area contributed by atoms with Gasteiger partial charge in [-0.05, 0) is 43.3 Å². The number of halogens is 1. The van der Waals surface area contributed by atoms with Crippen molar-refractivity contribution in [1.29, 1.82) is 0 Å². The van der Waals surface area contributed by atoms with E-state index in [1.807, 2.05) is 23.6 Å². The van der Waals surface area contributed by atoms with Gasteiger partial charge < -0.3 is 4.57 Å². The van der Waals surface area contributed by atoms with Gasteiger partial charge in [-0.3, -0.25) is 9.52 Å². The van der Waals surface area contributed by atoms with Crippen molar-refractivity contribution >= 4 is 54.8 Å². The quantitative estimate of drug-likeness (QED) is 0.362. The number of nitrogens with one attached hydrogen (secondary N) is 1. The molecule has 1 N–H and O–H groups in total. The molecule has 1 aromatic heterocycles. The molecule has 0 unspecified atom stereocenters. The average molecular weight is 498 g/mol. The summed E-state index contributed by atoms with van der Waals surface area (Å²) < 4.78 is 30.9. The maximum atomic E-state index is 13.2. The molecule has 0 bridgehead atoms. The van der Waals surface area contributed by atoms with Crippen LogP contribution in [0.3, 0.4) is 0 Å². The number of allylic oxidation sites excluding steroid dienone is 1. The van der Waals surface area contributed by atoms with Crippen molar-refractivity contribution in [3.05, 3.63) is 100 Å². The third kappa shape index (κ3) is 4.78. The average Bonchev–Trinajstić information content (AvgIpc) is 3.12.